The molecule has 2 bridgehead atoms. The van der Waals surface area contributed by atoms with Gasteiger partial charge >= 0.3 is 5.69 Å². The number of nitrogens with one attached hydrogen (secondary N) is 1. The molecule has 0 amide bonds. The Kier molecular flexibility index (Phi) is 3.24. The molecule has 0 aliphatic carbocycles. The lowest BCUT2D eigenvalue weighted by Crippen LogP contribution is -2.53. The summed E-state index contributed by atoms with van der Waals surface area (Å²) in [5, 5.41) is 14.1. The number of halogens is 1. The Morgan fingerprint density at radius 1 is 1.42 bits per heavy atom. The molecule has 0 saturated carbocycles. The van der Waals surface area contributed by atoms with Gasteiger partial charge in [-0.05, 0) is 31.8 Å². The fourth-order valence-corrected chi connectivity index (χ4v) is 3.13. The molecule has 0 spiro atoms. The van der Waals surface area contributed by atoms with Gasteiger partial charge in [0.25, 0.3) is 0 Å². The lowest BCUT2D eigenvalue weighted by Gasteiger charge is -2.45. The van der Waals surface area contributed by atoms with Gasteiger partial charge in [-0.2, -0.15) is 0 Å². The van der Waals surface area contributed by atoms with Gasteiger partial charge in [-0.1, -0.05) is 11.6 Å². The molecular formula is C11H14ClN5O2. The van der Waals surface area contributed by atoms with Crippen molar-refractivity contribution in [2.45, 2.75) is 18.9 Å². The number of hydrogen-bond donors (Lipinski definition) is 1. The van der Waals surface area contributed by atoms with Crippen molar-refractivity contribution in [2.75, 3.05) is 25.0 Å². The first-order chi connectivity index (χ1) is 9.15. The highest BCUT2D eigenvalue weighted by Gasteiger charge is 2.35. The van der Waals surface area contributed by atoms with Crippen molar-refractivity contribution in [1.82, 2.24) is 14.9 Å². The zero-order valence-corrected chi connectivity index (χ0v) is 11.0. The Balaban J connectivity index is 1.84. The number of fused-ring (bicyclic) bond motifs is 3. The Morgan fingerprint density at radius 3 is 2.74 bits per heavy atom. The van der Waals surface area contributed by atoms with E-state index >= 15 is 0 Å². The highest BCUT2D eigenvalue weighted by molar-refractivity contribution is 6.31. The topological polar surface area (TPSA) is 84.2 Å². The third-order valence-electron chi connectivity index (χ3n) is 3.94. The second-order valence-electron chi connectivity index (χ2n) is 5.01. The van der Waals surface area contributed by atoms with E-state index in [-0.39, 0.29) is 22.7 Å². The Bertz CT molecular complexity index is 504. The SMILES string of the molecule is O=[N+]([O-])c1c(Cl)ncnc1NC1CN2CCC1CC2. The molecule has 1 N–H and O–H groups in total. The van der Waals surface area contributed by atoms with Gasteiger partial charge in [0.05, 0.1) is 4.92 Å². The number of nitro groups is 1. The molecule has 0 aromatic carbocycles. The summed E-state index contributed by atoms with van der Waals surface area (Å²) in [5.74, 6) is 0.780. The van der Waals surface area contributed by atoms with Gasteiger partial charge in [-0.15, -0.1) is 0 Å². The maximum atomic E-state index is 11.0. The minimum atomic E-state index is -0.536. The summed E-state index contributed by atoms with van der Waals surface area (Å²) < 4.78 is 0. The van der Waals surface area contributed by atoms with E-state index in [0.717, 1.165) is 32.5 Å². The van der Waals surface area contributed by atoms with E-state index in [9.17, 15) is 10.1 Å². The molecule has 1 atom stereocenters. The van der Waals surface area contributed by atoms with Crippen LogP contribution in [-0.2, 0) is 0 Å². The van der Waals surface area contributed by atoms with Gasteiger partial charge < -0.3 is 10.2 Å². The molecule has 102 valence electrons. The number of piperidine rings is 3. The van der Waals surface area contributed by atoms with Crippen molar-refractivity contribution in [3.8, 4) is 0 Å². The minimum Gasteiger partial charge on any atom is -0.360 e. The molecule has 1 aromatic heterocycles. The molecule has 3 aliphatic heterocycles. The molecule has 4 rings (SSSR count). The van der Waals surface area contributed by atoms with E-state index in [1.807, 2.05) is 0 Å². The van der Waals surface area contributed by atoms with Crippen LogP contribution in [0.4, 0.5) is 11.5 Å². The Hall–Kier alpha value is -1.47. The van der Waals surface area contributed by atoms with Crippen LogP contribution in [0, 0.1) is 16.0 Å². The first-order valence-corrected chi connectivity index (χ1v) is 6.66. The van der Waals surface area contributed by atoms with Gasteiger partial charge in [-0.3, -0.25) is 10.1 Å². The van der Waals surface area contributed by atoms with E-state index in [2.05, 4.69) is 20.2 Å². The third kappa shape index (κ3) is 2.35. The number of hydrogen-bond acceptors (Lipinski definition) is 6. The van der Waals surface area contributed by atoms with E-state index in [0.29, 0.717) is 5.92 Å². The zero-order valence-electron chi connectivity index (χ0n) is 10.3. The maximum Gasteiger partial charge on any atom is 0.348 e. The van der Waals surface area contributed by atoms with Crippen molar-refractivity contribution >= 4 is 23.1 Å². The number of rotatable bonds is 3. The summed E-state index contributed by atoms with van der Waals surface area (Å²) in [5.41, 5.74) is -0.236. The Labute approximate surface area is 115 Å². The van der Waals surface area contributed by atoms with Gasteiger partial charge in [-0.25, -0.2) is 9.97 Å². The average molecular weight is 284 g/mol. The normalized spacial score (nSPS) is 29.2. The van der Waals surface area contributed by atoms with Crippen LogP contribution in [0.2, 0.25) is 5.15 Å². The minimum absolute atomic E-state index is 0.122. The smallest absolute Gasteiger partial charge is 0.348 e. The maximum absolute atomic E-state index is 11.0. The summed E-state index contributed by atoms with van der Waals surface area (Å²) in [6.07, 6.45) is 3.51. The second-order valence-corrected chi connectivity index (χ2v) is 5.37. The molecule has 3 fully saturated rings. The number of aromatic nitrogens is 2. The van der Waals surface area contributed by atoms with Crippen molar-refractivity contribution in [2.24, 2.45) is 5.92 Å². The summed E-state index contributed by atoms with van der Waals surface area (Å²) in [4.78, 5) is 20.5. The monoisotopic (exact) mass is 283 g/mol. The van der Waals surface area contributed by atoms with Gasteiger partial charge in [0.1, 0.15) is 6.33 Å². The first kappa shape index (κ1) is 12.6. The first-order valence-electron chi connectivity index (χ1n) is 6.29. The van der Waals surface area contributed by atoms with E-state index in [4.69, 9.17) is 11.6 Å². The third-order valence-corrected chi connectivity index (χ3v) is 4.22. The van der Waals surface area contributed by atoms with Crippen LogP contribution < -0.4 is 5.32 Å². The van der Waals surface area contributed by atoms with Crippen molar-refractivity contribution < 1.29 is 4.92 Å². The van der Waals surface area contributed by atoms with Crippen LogP contribution in [0.25, 0.3) is 0 Å². The molecule has 0 radical (unpaired) electrons. The van der Waals surface area contributed by atoms with Crippen LogP contribution >= 0.6 is 11.6 Å². The van der Waals surface area contributed by atoms with Crippen LogP contribution in [-0.4, -0.2) is 45.5 Å². The van der Waals surface area contributed by atoms with Crippen molar-refractivity contribution in [1.29, 1.82) is 0 Å². The molecule has 1 aromatic rings. The van der Waals surface area contributed by atoms with E-state index in [1.165, 1.54) is 6.33 Å². The van der Waals surface area contributed by atoms with Crippen molar-refractivity contribution in [3.63, 3.8) is 0 Å². The van der Waals surface area contributed by atoms with Crippen LogP contribution in [0.15, 0.2) is 6.33 Å². The Morgan fingerprint density at radius 2 is 2.16 bits per heavy atom. The molecule has 8 heteroatoms. The standard InChI is InChI=1S/C11H14ClN5O2/c12-10-9(17(18)19)11(14-6-13-10)15-8-5-16-3-1-7(8)2-4-16/h6-8H,1-5H2,(H,13,14,15). The summed E-state index contributed by atoms with van der Waals surface area (Å²) in [6, 6.07) is 0.201. The van der Waals surface area contributed by atoms with Crippen molar-refractivity contribution in [3.05, 3.63) is 21.6 Å². The van der Waals surface area contributed by atoms with Gasteiger partial charge in [0.2, 0.25) is 11.0 Å². The zero-order chi connectivity index (χ0) is 13.4. The fraction of sp³-hybridized carbons (Fsp3) is 0.636. The number of anilines is 1. The molecule has 3 saturated heterocycles. The average Bonchev–Trinajstić information content (AvgIpc) is 2.39. The quantitative estimate of drug-likeness (QED) is 0.515. The summed E-state index contributed by atoms with van der Waals surface area (Å²) >= 11 is 5.78. The predicted molar refractivity (Wildman–Crippen MR) is 70.3 cm³/mol. The molecular weight excluding hydrogens is 270 g/mol. The lowest BCUT2D eigenvalue weighted by atomic mass is 9.84. The summed E-state index contributed by atoms with van der Waals surface area (Å²) in [6.45, 7) is 3.15. The number of nitrogens with zero attached hydrogens (tertiary/aromatic N) is 4. The second kappa shape index (κ2) is 4.90. The highest BCUT2D eigenvalue weighted by Crippen LogP contribution is 2.33. The molecule has 3 aliphatic rings. The van der Waals surface area contributed by atoms with Crippen LogP contribution in [0.5, 0.6) is 0 Å². The highest BCUT2D eigenvalue weighted by atomic mass is 35.5. The lowest BCUT2D eigenvalue weighted by molar-refractivity contribution is -0.384. The fourth-order valence-electron chi connectivity index (χ4n) is 2.93. The van der Waals surface area contributed by atoms with E-state index < -0.39 is 4.92 Å². The predicted octanol–water partition coefficient (Wildman–Crippen LogP) is 1.54. The molecule has 19 heavy (non-hydrogen) atoms. The molecule has 1 unspecified atom stereocenters. The largest absolute Gasteiger partial charge is 0.360 e. The van der Waals surface area contributed by atoms with E-state index in [1.54, 1.807) is 0 Å². The van der Waals surface area contributed by atoms with Crippen LogP contribution in [0.3, 0.4) is 0 Å². The molecule has 4 heterocycles. The van der Waals surface area contributed by atoms with Gasteiger partial charge in [0.15, 0.2) is 0 Å². The van der Waals surface area contributed by atoms with Gasteiger partial charge in [0, 0.05) is 12.6 Å². The molecule has 7 nitrogen and oxygen atoms in total. The summed E-state index contributed by atoms with van der Waals surface area (Å²) in [7, 11) is 0. The van der Waals surface area contributed by atoms with Crippen LogP contribution in [0.1, 0.15) is 12.8 Å².